The second-order valence-electron chi connectivity index (χ2n) is 6.09. The average molecular weight is 354 g/mol. The van der Waals surface area contributed by atoms with Crippen molar-refractivity contribution in [2.45, 2.75) is 43.6 Å². The number of amides is 1. The van der Waals surface area contributed by atoms with Crippen molar-refractivity contribution in [3.05, 3.63) is 54.1 Å². The van der Waals surface area contributed by atoms with Crippen molar-refractivity contribution >= 4 is 34.5 Å². The van der Waals surface area contributed by atoms with E-state index in [-0.39, 0.29) is 11.2 Å². The maximum Gasteiger partial charge on any atom is 0.257 e. The first-order valence-electron chi connectivity index (χ1n) is 8.50. The highest BCUT2D eigenvalue weighted by Gasteiger charge is 2.19. The summed E-state index contributed by atoms with van der Waals surface area (Å²) in [5, 5.41) is 3.26. The molecule has 0 aliphatic heterocycles. The van der Waals surface area contributed by atoms with Crippen molar-refractivity contribution in [1.29, 1.82) is 0 Å². The standard InChI is InChI=1S/C20H22N2O2S/c1-4-13(2)15-9-5-6-10-16(15)21-19(23)14(3)25-20-22-17-11-7-8-12-18(17)24-20/h5-14H,4H2,1-3H3,(H,21,23)/t13-,14+/m1/s1. The van der Waals surface area contributed by atoms with Gasteiger partial charge in [0.1, 0.15) is 5.52 Å². The van der Waals surface area contributed by atoms with E-state index in [1.807, 2.05) is 49.4 Å². The molecule has 2 atom stereocenters. The molecule has 0 unspecified atom stereocenters. The SMILES string of the molecule is CC[C@@H](C)c1ccccc1NC(=O)[C@H](C)Sc1nc2ccccc2o1. The topological polar surface area (TPSA) is 55.1 Å². The molecule has 130 valence electrons. The number of thioether (sulfide) groups is 1. The summed E-state index contributed by atoms with van der Waals surface area (Å²) in [6.45, 7) is 6.18. The largest absolute Gasteiger partial charge is 0.431 e. The van der Waals surface area contributed by atoms with Gasteiger partial charge >= 0.3 is 0 Å². The average Bonchev–Trinajstić information content (AvgIpc) is 3.03. The normalized spacial score (nSPS) is 13.6. The van der Waals surface area contributed by atoms with Gasteiger partial charge in [-0.3, -0.25) is 4.79 Å². The monoisotopic (exact) mass is 354 g/mol. The van der Waals surface area contributed by atoms with Crippen molar-refractivity contribution in [2.24, 2.45) is 0 Å². The molecule has 0 saturated carbocycles. The summed E-state index contributed by atoms with van der Waals surface area (Å²) < 4.78 is 5.69. The van der Waals surface area contributed by atoms with Crippen LogP contribution in [-0.4, -0.2) is 16.1 Å². The molecule has 1 aromatic heterocycles. The van der Waals surface area contributed by atoms with Gasteiger partial charge in [-0.1, -0.05) is 55.9 Å². The van der Waals surface area contributed by atoms with Gasteiger partial charge in [-0.15, -0.1) is 0 Å². The van der Waals surface area contributed by atoms with E-state index < -0.39 is 0 Å². The molecule has 1 amide bonds. The number of carbonyl (C=O) groups is 1. The van der Waals surface area contributed by atoms with Gasteiger partial charge in [0.05, 0.1) is 5.25 Å². The zero-order valence-electron chi connectivity index (χ0n) is 14.7. The summed E-state index contributed by atoms with van der Waals surface area (Å²) in [6.07, 6.45) is 1.03. The molecule has 0 fully saturated rings. The van der Waals surface area contributed by atoms with Crippen LogP contribution in [0, 0.1) is 0 Å². The molecule has 0 bridgehead atoms. The lowest BCUT2D eigenvalue weighted by Crippen LogP contribution is -2.23. The number of aromatic nitrogens is 1. The Hall–Kier alpha value is -2.27. The molecule has 0 spiro atoms. The highest BCUT2D eigenvalue weighted by atomic mass is 32.2. The molecule has 1 heterocycles. The van der Waals surface area contributed by atoms with Crippen molar-refractivity contribution in [3.63, 3.8) is 0 Å². The molecular formula is C20H22N2O2S. The summed E-state index contributed by atoms with van der Waals surface area (Å²) in [7, 11) is 0. The first-order chi connectivity index (χ1) is 12.1. The molecular weight excluding hydrogens is 332 g/mol. The molecule has 3 rings (SSSR count). The molecule has 3 aromatic rings. The van der Waals surface area contributed by atoms with E-state index in [9.17, 15) is 4.79 Å². The van der Waals surface area contributed by atoms with Crippen LogP contribution in [0.4, 0.5) is 5.69 Å². The quantitative estimate of drug-likeness (QED) is 0.597. The van der Waals surface area contributed by atoms with Gasteiger partial charge in [0, 0.05) is 5.69 Å². The zero-order chi connectivity index (χ0) is 17.8. The number of hydrogen-bond acceptors (Lipinski definition) is 4. The van der Waals surface area contributed by atoms with Crippen LogP contribution < -0.4 is 5.32 Å². The molecule has 1 N–H and O–H groups in total. The van der Waals surface area contributed by atoms with E-state index in [1.54, 1.807) is 0 Å². The molecule has 25 heavy (non-hydrogen) atoms. The van der Waals surface area contributed by atoms with Gasteiger partial charge in [-0.2, -0.15) is 0 Å². The summed E-state index contributed by atoms with van der Waals surface area (Å²) in [4.78, 5) is 17.0. The van der Waals surface area contributed by atoms with Crippen LogP contribution in [-0.2, 0) is 4.79 Å². The lowest BCUT2D eigenvalue weighted by atomic mass is 9.97. The van der Waals surface area contributed by atoms with Crippen LogP contribution in [0.2, 0.25) is 0 Å². The van der Waals surface area contributed by atoms with E-state index >= 15 is 0 Å². The third kappa shape index (κ3) is 4.04. The second-order valence-corrected chi connectivity index (χ2v) is 7.39. The first kappa shape index (κ1) is 17.5. The molecule has 0 saturated heterocycles. The Labute approximate surface area is 152 Å². The van der Waals surface area contributed by atoms with Crippen molar-refractivity contribution in [3.8, 4) is 0 Å². The van der Waals surface area contributed by atoms with Crippen LogP contribution in [0.5, 0.6) is 0 Å². The zero-order valence-corrected chi connectivity index (χ0v) is 15.5. The highest BCUT2D eigenvalue weighted by molar-refractivity contribution is 8.00. The minimum atomic E-state index is -0.307. The molecule has 2 aromatic carbocycles. The fraction of sp³-hybridized carbons (Fsp3) is 0.300. The first-order valence-corrected chi connectivity index (χ1v) is 9.38. The van der Waals surface area contributed by atoms with Crippen molar-refractivity contribution < 1.29 is 9.21 Å². The van der Waals surface area contributed by atoms with E-state index in [0.717, 1.165) is 28.8 Å². The van der Waals surface area contributed by atoms with Crippen LogP contribution in [0.15, 0.2) is 58.2 Å². The lowest BCUT2D eigenvalue weighted by molar-refractivity contribution is -0.115. The molecule has 0 aliphatic carbocycles. The number of fused-ring (bicyclic) bond motifs is 1. The van der Waals surface area contributed by atoms with E-state index in [2.05, 4.69) is 30.2 Å². The Bertz CT molecular complexity index is 842. The smallest absolute Gasteiger partial charge is 0.257 e. The Kier molecular flexibility index (Phi) is 5.43. The second kappa shape index (κ2) is 7.74. The van der Waals surface area contributed by atoms with Gasteiger partial charge in [-0.25, -0.2) is 4.98 Å². The number of nitrogens with zero attached hydrogens (tertiary/aromatic N) is 1. The van der Waals surface area contributed by atoms with Gasteiger partial charge < -0.3 is 9.73 Å². The maximum atomic E-state index is 12.6. The highest BCUT2D eigenvalue weighted by Crippen LogP contribution is 2.29. The van der Waals surface area contributed by atoms with E-state index in [0.29, 0.717) is 11.1 Å². The number of para-hydroxylation sites is 3. The predicted molar refractivity (Wildman–Crippen MR) is 103 cm³/mol. The summed E-state index contributed by atoms with van der Waals surface area (Å²) in [5.74, 6) is 0.347. The van der Waals surface area contributed by atoms with Crippen LogP contribution >= 0.6 is 11.8 Å². The van der Waals surface area contributed by atoms with Gasteiger partial charge in [0.25, 0.3) is 5.22 Å². The van der Waals surface area contributed by atoms with Gasteiger partial charge in [0.15, 0.2) is 5.58 Å². The number of carbonyl (C=O) groups excluding carboxylic acids is 1. The number of benzene rings is 2. The molecule has 0 aliphatic rings. The number of nitrogens with one attached hydrogen (secondary N) is 1. The molecule has 5 heteroatoms. The fourth-order valence-corrected chi connectivity index (χ4v) is 3.36. The van der Waals surface area contributed by atoms with Crippen LogP contribution in [0.25, 0.3) is 11.1 Å². The number of hydrogen-bond donors (Lipinski definition) is 1. The minimum Gasteiger partial charge on any atom is -0.431 e. The fourth-order valence-electron chi connectivity index (χ4n) is 2.60. The number of oxazole rings is 1. The Morgan fingerprint density at radius 3 is 2.64 bits per heavy atom. The molecule has 0 radical (unpaired) electrons. The third-order valence-electron chi connectivity index (χ3n) is 4.28. The van der Waals surface area contributed by atoms with Gasteiger partial charge in [0.2, 0.25) is 5.91 Å². The van der Waals surface area contributed by atoms with E-state index in [1.165, 1.54) is 11.8 Å². The third-order valence-corrected chi connectivity index (χ3v) is 5.23. The summed E-state index contributed by atoms with van der Waals surface area (Å²) in [5.41, 5.74) is 3.59. The van der Waals surface area contributed by atoms with Crippen molar-refractivity contribution in [2.75, 3.05) is 5.32 Å². The lowest BCUT2D eigenvalue weighted by Gasteiger charge is -2.17. The van der Waals surface area contributed by atoms with E-state index in [4.69, 9.17) is 4.42 Å². The molecule has 4 nitrogen and oxygen atoms in total. The predicted octanol–water partition coefficient (Wildman–Crippen LogP) is 5.46. The maximum absolute atomic E-state index is 12.6. The summed E-state index contributed by atoms with van der Waals surface area (Å²) in [6, 6.07) is 15.6. The van der Waals surface area contributed by atoms with Crippen LogP contribution in [0.3, 0.4) is 0 Å². The van der Waals surface area contributed by atoms with Crippen molar-refractivity contribution in [1.82, 2.24) is 4.98 Å². The Balaban J connectivity index is 1.71. The Morgan fingerprint density at radius 2 is 1.88 bits per heavy atom. The van der Waals surface area contributed by atoms with Crippen LogP contribution in [0.1, 0.15) is 38.7 Å². The van der Waals surface area contributed by atoms with Gasteiger partial charge in [-0.05, 0) is 43.0 Å². The Morgan fingerprint density at radius 1 is 1.16 bits per heavy atom. The summed E-state index contributed by atoms with van der Waals surface area (Å²) >= 11 is 1.33. The minimum absolute atomic E-state index is 0.0528. The number of rotatable bonds is 6. The number of anilines is 1.